The number of nitrogens with one attached hydrogen (secondary N) is 1. The fourth-order valence-corrected chi connectivity index (χ4v) is 3.34. The Morgan fingerprint density at radius 2 is 2.11 bits per heavy atom. The van der Waals surface area contributed by atoms with E-state index in [4.69, 9.17) is 11.6 Å². The van der Waals surface area contributed by atoms with Crippen molar-refractivity contribution in [3.63, 3.8) is 0 Å². The average molecular weight is 289 g/mol. The Morgan fingerprint density at radius 3 is 2.72 bits per heavy atom. The first-order chi connectivity index (χ1) is 8.60. The highest BCUT2D eigenvalue weighted by Gasteiger charge is 2.21. The van der Waals surface area contributed by atoms with Crippen LogP contribution >= 0.6 is 22.9 Å². The zero-order valence-electron chi connectivity index (χ0n) is 10.5. The molecule has 1 heterocycles. The van der Waals surface area contributed by atoms with Gasteiger partial charge in [0.1, 0.15) is 0 Å². The number of esters is 1. The van der Waals surface area contributed by atoms with Crippen LogP contribution in [-0.4, -0.2) is 24.1 Å². The lowest BCUT2D eigenvalue weighted by atomic mass is 9.87. The number of halogens is 1. The van der Waals surface area contributed by atoms with Gasteiger partial charge in [-0.25, -0.2) is 9.78 Å². The number of aromatic nitrogens is 1. The van der Waals surface area contributed by atoms with E-state index in [1.54, 1.807) is 0 Å². The molecule has 0 radical (unpaired) electrons. The van der Waals surface area contributed by atoms with Crippen LogP contribution in [0.25, 0.3) is 0 Å². The van der Waals surface area contributed by atoms with Crippen LogP contribution in [0.2, 0.25) is 5.15 Å². The van der Waals surface area contributed by atoms with Gasteiger partial charge in [0.2, 0.25) is 0 Å². The fraction of sp³-hybridized carbons (Fsp3) is 0.667. The van der Waals surface area contributed by atoms with Crippen molar-refractivity contribution in [3.05, 3.63) is 10.0 Å². The molecule has 0 spiro atoms. The maximum Gasteiger partial charge on any atom is 0.351 e. The van der Waals surface area contributed by atoms with Crippen LogP contribution in [-0.2, 0) is 4.74 Å². The second-order valence-corrected chi connectivity index (χ2v) is 6.09. The predicted molar refractivity (Wildman–Crippen MR) is 73.5 cm³/mol. The minimum atomic E-state index is -0.428. The molecule has 0 unspecified atom stereocenters. The summed E-state index contributed by atoms with van der Waals surface area (Å²) in [6.07, 6.45) is 4.76. The second kappa shape index (κ2) is 5.89. The van der Waals surface area contributed by atoms with E-state index in [1.807, 2.05) is 0 Å². The minimum Gasteiger partial charge on any atom is -0.465 e. The SMILES string of the molecule is COC(=O)c1sc(NC2CCC(C)CC2)nc1Cl. The molecule has 1 aliphatic carbocycles. The van der Waals surface area contributed by atoms with Crippen LogP contribution in [0, 0.1) is 5.92 Å². The molecule has 0 atom stereocenters. The third-order valence-electron chi connectivity index (χ3n) is 3.30. The van der Waals surface area contributed by atoms with Crippen LogP contribution in [0.4, 0.5) is 5.13 Å². The van der Waals surface area contributed by atoms with E-state index < -0.39 is 5.97 Å². The lowest BCUT2D eigenvalue weighted by Gasteiger charge is -2.26. The monoisotopic (exact) mass is 288 g/mol. The molecule has 1 fully saturated rings. The molecule has 18 heavy (non-hydrogen) atoms. The smallest absolute Gasteiger partial charge is 0.351 e. The molecular weight excluding hydrogens is 272 g/mol. The van der Waals surface area contributed by atoms with E-state index in [0.29, 0.717) is 16.1 Å². The summed E-state index contributed by atoms with van der Waals surface area (Å²) < 4.78 is 4.65. The molecular formula is C12H17ClN2O2S. The summed E-state index contributed by atoms with van der Waals surface area (Å²) in [6, 6.07) is 0.439. The van der Waals surface area contributed by atoms with Crippen molar-refractivity contribution in [2.45, 2.75) is 38.6 Å². The Bertz CT molecular complexity index is 428. The highest BCUT2D eigenvalue weighted by molar-refractivity contribution is 7.18. The Morgan fingerprint density at radius 1 is 1.44 bits per heavy atom. The molecule has 0 aromatic carbocycles. The lowest BCUT2D eigenvalue weighted by molar-refractivity contribution is 0.0606. The first-order valence-corrected chi connectivity index (χ1v) is 7.30. The largest absolute Gasteiger partial charge is 0.465 e. The van der Waals surface area contributed by atoms with E-state index in [1.165, 1.54) is 31.3 Å². The predicted octanol–water partition coefficient (Wildman–Crippen LogP) is 3.57. The first-order valence-electron chi connectivity index (χ1n) is 6.11. The molecule has 0 amide bonds. The number of nitrogens with zero attached hydrogens (tertiary/aromatic N) is 1. The molecule has 1 aromatic heterocycles. The molecule has 2 rings (SSSR count). The third-order valence-corrected chi connectivity index (χ3v) is 4.65. The standard InChI is InChI=1S/C12H17ClN2O2S/c1-7-3-5-8(6-4-7)14-12-15-10(13)9(18-12)11(16)17-2/h7-8H,3-6H2,1-2H3,(H,14,15). The molecule has 0 aliphatic heterocycles. The summed E-state index contributed by atoms with van der Waals surface area (Å²) in [5, 5.41) is 4.29. The number of ether oxygens (including phenoxy) is 1. The van der Waals surface area contributed by atoms with Gasteiger partial charge in [0.15, 0.2) is 15.2 Å². The number of thiazole rings is 1. The summed E-state index contributed by atoms with van der Waals surface area (Å²) >= 11 is 7.18. The molecule has 4 nitrogen and oxygen atoms in total. The van der Waals surface area contributed by atoms with Crippen molar-refractivity contribution < 1.29 is 9.53 Å². The molecule has 0 saturated heterocycles. The van der Waals surface area contributed by atoms with Gasteiger partial charge in [-0.3, -0.25) is 0 Å². The van der Waals surface area contributed by atoms with Crippen LogP contribution in [0.3, 0.4) is 0 Å². The van der Waals surface area contributed by atoms with Crippen LogP contribution in [0.5, 0.6) is 0 Å². The molecule has 1 aliphatic rings. The number of hydrogen-bond donors (Lipinski definition) is 1. The van der Waals surface area contributed by atoms with Crippen molar-refractivity contribution in [1.29, 1.82) is 0 Å². The van der Waals surface area contributed by atoms with Gasteiger partial charge < -0.3 is 10.1 Å². The Labute approximate surface area is 116 Å². The van der Waals surface area contributed by atoms with Gasteiger partial charge in [-0.05, 0) is 31.6 Å². The van der Waals surface area contributed by atoms with Gasteiger partial charge in [0, 0.05) is 6.04 Å². The highest BCUT2D eigenvalue weighted by Crippen LogP contribution is 2.31. The summed E-state index contributed by atoms with van der Waals surface area (Å²) in [5.74, 6) is 0.386. The number of carbonyl (C=O) groups excluding carboxylic acids is 1. The Kier molecular flexibility index (Phi) is 4.45. The second-order valence-electron chi connectivity index (χ2n) is 4.73. The van der Waals surface area contributed by atoms with Gasteiger partial charge in [-0.2, -0.15) is 0 Å². The number of hydrogen-bond acceptors (Lipinski definition) is 5. The van der Waals surface area contributed by atoms with E-state index in [9.17, 15) is 4.79 Å². The lowest BCUT2D eigenvalue weighted by Crippen LogP contribution is -2.25. The van der Waals surface area contributed by atoms with Crippen molar-refractivity contribution in [2.24, 2.45) is 5.92 Å². The van der Waals surface area contributed by atoms with Crippen molar-refractivity contribution in [3.8, 4) is 0 Å². The van der Waals surface area contributed by atoms with Crippen molar-refractivity contribution in [1.82, 2.24) is 4.98 Å². The summed E-state index contributed by atoms with van der Waals surface area (Å²) in [6.45, 7) is 2.28. The first kappa shape index (κ1) is 13.6. The molecule has 1 aromatic rings. The zero-order valence-corrected chi connectivity index (χ0v) is 12.1. The highest BCUT2D eigenvalue weighted by atomic mass is 35.5. The average Bonchev–Trinajstić information content (AvgIpc) is 2.72. The van der Waals surface area contributed by atoms with Crippen molar-refractivity contribution in [2.75, 3.05) is 12.4 Å². The summed E-state index contributed by atoms with van der Waals surface area (Å²) in [7, 11) is 1.34. The number of anilines is 1. The van der Waals surface area contributed by atoms with E-state index in [0.717, 1.165) is 18.8 Å². The summed E-state index contributed by atoms with van der Waals surface area (Å²) in [5.41, 5.74) is 0. The topological polar surface area (TPSA) is 51.2 Å². The maximum atomic E-state index is 11.4. The Hall–Kier alpha value is -0.810. The molecule has 6 heteroatoms. The molecule has 100 valence electrons. The number of rotatable bonds is 3. The molecule has 1 N–H and O–H groups in total. The van der Waals surface area contributed by atoms with Gasteiger partial charge in [0.25, 0.3) is 0 Å². The third kappa shape index (κ3) is 3.14. The van der Waals surface area contributed by atoms with Crippen LogP contribution in [0.1, 0.15) is 42.3 Å². The van der Waals surface area contributed by atoms with Gasteiger partial charge in [-0.15, -0.1) is 0 Å². The zero-order chi connectivity index (χ0) is 13.1. The van der Waals surface area contributed by atoms with Crippen LogP contribution in [0.15, 0.2) is 0 Å². The minimum absolute atomic E-state index is 0.221. The van der Waals surface area contributed by atoms with E-state index in [-0.39, 0.29) is 5.15 Å². The van der Waals surface area contributed by atoms with E-state index >= 15 is 0 Å². The fourth-order valence-electron chi connectivity index (χ4n) is 2.16. The Balaban J connectivity index is 2.00. The molecule has 1 saturated carbocycles. The van der Waals surface area contributed by atoms with Gasteiger partial charge >= 0.3 is 5.97 Å². The molecule has 0 bridgehead atoms. The maximum absolute atomic E-state index is 11.4. The quantitative estimate of drug-likeness (QED) is 0.864. The summed E-state index contributed by atoms with van der Waals surface area (Å²) in [4.78, 5) is 16.0. The van der Waals surface area contributed by atoms with Gasteiger partial charge in [0.05, 0.1) is 7.11 Å². The van der Waals surface area contributed by atoms with E-state index in [2.05, 4.69) is 22.0 Å². The van der Waals surface area contributed by atoms with Crippen molar-refractivity contribution >= 4 is 34.0 Å². The number of carbonyl (C=O) groups is 1. The van der Waals surface area contributed by atoms with Crippen LogP contribution < -0.4 is 5.32 Å². The normalized spacial score (nSPS) is 23.7. The number of methoxy groups -OCH3 is 1. The van der Waals surface area contributed by atoms with Gasteiger partial charge in [-0.1, -0.05) is 29.9 Å².